The third kappa shape index (κ3) is 2.42. The highest BCUT2D eigenvalue weighted by Crippen LogP contribution is 2.38. The smallest absolute Gasteiger partial charge is 0.0587 e. The molecule has 2 atom stereocenters. The van der Waals surface area contributed by atoms with Crippen molar-refractivity contribution >= 4 is 11.8 Å². The summed E-state index contributed by atoms with van der Waals surface area (Å²) in [5, 5.41) is 12.9. The first-order valence-electron chi connectivity index (χ1n) is 5.81. The third-order valence-corrected chi connectivity index (χ3v) is 4.30. The zero-order chi connectivity index (χ0) is 11.5. The second-order valence-corrected chi connectivity index (χ2v) is 5.66. The molecule has 0 saturated carbocycles. The second kappa shape index (κ2) is 5.21. The zero-order valence-corrected chi connectivity index (χ0v) is 10.6. The lowest BCUT2D eigenvalue weighted by Gasteiger charge is -2.24. The van der Waals surface area contributed by atoms with Crippen LogP contribution in [0.3, 0.4) is 0 Å². The monoisotopic (exact) mass is 237 g/mol. The third-order valence-electron chi connectivity index (χ3n) is 3.12. The number of benzene rings is 1. The standard InChI is InChI=1S/C13H19NOS/c1-9(2)11(7-15)14-12-8-16-13-6-4-3-5-10(12)13/h3-6,9,11-12,14-15H,7-8H2,1-2H3/t11-,12?/m1/s1. The minimum atomic E-state index is 0.191. The second-order valence-electron chi connectivity index (χ2n) is 4.60. The molecule has 0 aliphatic carbocycles. The van der Waals surface area contributed by atoms with E-state index in [2.05, 4.69) is 43.4 Å². The first kappa shape index (κ1) is 12.0. The van der Waals surface area contributed by atoms with E-state index in [1.165, 1.54) is 10.5 Å². The molecule has 2 nitrogen and oxygen atoms in total. The van der Waals surface area contributed by atoms with Crippen LogP contribution in [0, 0.1) is 5.92 Å². The average Bonchev–Trinajstić information content (AvgIpc) is 2.69. The molecule has 1 aromatic carbocycles. The quantitative estimate of drug-likeness (QED) is 0.843. The molecule has 2 N–H and O–H groups in total. The van der Waals surface area contributed by atoms with Crippen molar-refractivity contribution in [2.45, 2.75) is 30.8 Å². The van der Waals surface area contributed by atoms with Gasteiger partial charge in [0.05, 0.1) is 6.61 Å². The molecule has 0 aromatic heterocycles. The van der Waals surface area contributed by atoms with Gasteiger partial charge >= 0.3 is 0 Å². The molecule has 1 aliphatic rings. The molecule has 0 bridgehead atoms. The summed E-state index contributed by atoms with van der Waals surface area (Å²) >= 11 is 1.90. The van der Waals surface area contributed by atoms with E-state index in [4.69, 9.17) is 0 Å². The van der Waals surface area contributed by atoms with Crippen molar-refractivity contribution in [2.75, 3.05) is 12.4 Å². The molecular weight excluding hydrogens is 218 g/mol. The average molecular weight is 237 g/mol. The summed E-state index contributed by atoms with van der Waals surface area (Å²) in [4.78, 5) is 1.38. The minimum Gasteiger partial charge on any atom is -0.395 e. The van der Waals surface area contributed by atoms with Crippen molar-refractivity contribution in [2.24, 2.45) is 5.92 Å². The summed E-state index contributed by atoms with van der Waals surface area (Å²) in [6.45, 7) is 4.49. The molecule has 1 heterocycles. The van der Waals surface area contributed by atoms with Gasteiger partial charge in [-0.3, -0.25) is 0 Å². The molecule has 0 fully saturated rings. The van der Waals surface area contributed by atoms with E-state index < -0.39 is 0 Å². The highest BCUT2D eigenvalue weighted by atomic mass is 32.2. The van der Waals surface area contributed by atoms with Crippen LogP contribution in [0.15, 0.2) is 29.2 Å². The van der Waals surface area contributed by atoms with Crippen molar-refractivity contribution in [1.82, 2.24) is 5.32 Å². The Balaban J connectivity index is 2.08. The molecule has 1 aliphatic heterocycles. The van der Waals surface area contributed by atoms with Gasteiger partial charge in [0.1, 0.15) is 0 Å². The van der Waals surface area contributed by atoms with Gasteiger partial charge in [0.2, 0.25) is 0 Å². The lowest BCUT2D eigenvalue weighted by atomic mass is 10.0. The molecule has 1 aromatic rings. The largest absolute Gasteiger partial charge is 0.395 e. The maximum Gasteiger partial charge on any atom is 0.0587 e. The molecule has 0 spiro atoms. The Morgan fingerprint density at radius 1 is 1.44 bits per heavy atom. The molecule has 88 valence electrons. The van der Waals surface area contributed by atoms with Crippen LogP contribution in [-0.2, 0) is 0 Å². The van der Waals surface area contributed by atoms with Crippen LogP contribution in [0.5, 0.6) is 0 Å². The van der Waals surface area contributed by atoms with Gasteiger partial charge in [-0.2, -0.15) is 0 Å². The maximum absolute atomic E-state index is 9.34. The van der Waals surface area contributed by atoms with Crippen LogP contribution in [0.25, 0.3) is 0 Å². The number of thioether (sulfide) groups is 1. The highest BCUT2D eigenvalue weighted by Gasteiger charge is 2.25. The van der Waals surface area contributed by atoms with E-state index >= 15 is 0 Å². The van der Waals surface area contributed by atoms with Gasteiger partial charge in [0, 0.05) is 22.7 Å². The van der Waals surface area contributed by atoms with E-state index in [9.17, 15) is 5.11 Å². The van der Waals surface area contributed by atoms with Gasteiger partial charge in [-0.25, -0.2) is 0 Å². The molecule has 16 heavy (non-hydrogen) atoms. The van der Waals surface area contributed by atoms with Crippen molar-refractivity contribution in [3.05, 3.63) is 29.8 Å². The van der Waals surface area contributed by atoms with Crippen LogP contribution in [-0.4, -0.2) is 23.5 Å². The number of nitrogens with one attached hydrogen (secondary N) is 1. The Kier molecular flexibility index (Phi) is 3.90. The molecular formula is C13H19NOS. The molecule has 2 rings (SSSR count). The number of rotatable bonds is 4. The maximum atomic E-state index is 9.34. The lowest BCUT2D eigenvalue weighted by Crippen LogP contribution is -2.39. The summed E-state index contributed by atoms with van der Waals surface area (Å²) in [6.07, 6.45) is 0. The molecule has 3 heteroatoms. The summed E-state index contributed by atoms with van der Waals surface area (Å²) in [5.41, 5.74) is 1.38. The van der Waals surface area contributed by atoms with Gasteiger partial charge in [-0.1, -0.05) is 32.0 Å². The van der Waals surface area contributed by atoms with E-state index in [-0.39, 0.29) is 12.6 Å². The summed E-state index contributed by atoms with van der Waals surface area (Å²) in [6, 6.07) is 9.10. The van der Waals surface area contributed by atoms with Crippen LogP contribution >= 0.6 is 11.8 Å². The normalized spacial score (nSPS) is 21.1. The van der Waals surface area contributed by atoms with Crippen molar-refractivity contribution in [3.8, 4) is 0 Å². The van der Waals surface area contributed by atoms with Crippen LogP contribution in [0.1, 0.15) is 25.5 Å². The van der Waals surface area contributed by atoms with Crippen molar-refractivity contribution in [3.63, 3.8) is 0 Å². The Morgan fingerprint density at radius 3 is 2.88 bits per heavy atom. The number of hydrogen-bond acceptors (Lipinski definition) is 3. The predicted molar refractivity (Wildman–Crippen MR) is 68.8 cm³/mol. The first-order chi connectivity index (χ1) is 7.72. The fourth-order valence-electron chi connectivity index (χ4n) is 2.02. The zero-order valence-electron chi connectivity index (χ0n) is 9.81. The van der Waals surface area contributed by atoms with E-state index in [1.807, 2.05) is 11.8 Å². The minimum absolute atomic E-state index is 0.191. The number of aliphatic hydroxyl groups is 1. The van der Waals surface area contributed by atoms with Gasteiger partial charge < -0.3 is 10.4 Å². The lowest BCUT2D eigenvalue weighted by molar-refractivity contribution is 0.202. The SMILES string of the molecule is CC(C)[C@@H](CO)NC1CSc2ccccc21. The summed E-state index contributed by atoms with van der Waals surface area (Å²) in [5.74, 6) is 1.53. The topological polar surface area (TPSA) is 32.3 Å². The van der Waals surface area contributed by atoms with Crippen LogP contribution in [0.2, 0.25) is 0 Å². The number of aliphatic hydroxyl groups excluding tert-OH is 1. The van der Waals surface area contributed by atoms with Gasteiger partial charge in [-0.05, 0) is 17.5 Å². The van der Waals surface area contributed by atoms with Crippen LogP contribution in [0.4, 0.5) is 0 Å². The predicted octanol–water partition coefficient (Wildman–Crippen LogP) is 2.44. The van der Waals surface area contributed by atoms with E-state index in [1.54, 1.807) is 0 Å². The Hall–Kier alpha value is -0.510. The van der Waals surface area contributed by atoms with E-state index in [0.717, 1.165) is 5.75 Å². The molecule has 0 radical (unpaired) electrons. The highest BCUT2D eigenvalue weighted by molar-refractivity contribution is 7.99. The summed E-state index contributed by atoms with van der Waals surface area (Å²) < 4.78 is 0. The summed E-state index contributed by atoms with van der Waals surface area (Å²) in [7, 11) is 0. The molecule has 0 amide bonds. The fourth-order valence-corrected chi connectivity index (χ4v) is 3.19. The van der Waals surface area contributed by atoms with Gasteiger partial charge in [0.25, 0.3) is 0 Å². The Labute approximate surface area is 101 Å². The fraction of sp³-hybridized carbons (Fsp3) is 0.538. The van der Waals surface area contributed by atoms with Crippen LogP contribution < -0.4 is 5.32 Å². The number of fused-ring (bicyclic) bond motifs is 1. The number of hydrogen-bond donors (Lipinski definition) is 2. The molecule has 1 unspecified atom stereocenters. The van der Waals surface area contributed by atoms with Crippen molar-refractivity contribution in [1.29, 1.82) is 0 Å². The van der Waals surface area contributed by atoms with Crippen molar-refractivity contribution < 1.29 is 5.11 Å². The van der Waals surface area contributed by atoms with E-state index in [0.29, 0.717) is 12.0 Å². The Bertz CT molecular complexity index is 354. The molecule has 0 saturated heterocycles. The Morgan fingerprint density at radius 2 is 2.19 bits per heavy atom. The van der Waals surface area contributed by atoms with Gasteiger partial charge in [-0.15, -0.1) is 11.8 Å². The first-order valence-corrected chi connectivity index (χ1v) is 6.79. The van der Waals surface area contributed by atoms with Gasteiger partial charge in [0.15, 0.2) is 0 Å².